The Kier molecular flexibility index (Phi) is 9.34. The third kappa shape index (κ3) is 8.29. The Morgan fingerprint density at radius 1 is 1.11 bits per heavy atom. The fraction of sp³-hybridized carbons (Fsp3) is 0.174. The van der Waals surface area contributed by atoms with Gasteiger partial charge in [0.25, 0.3) is 11.8 Å². The van der Waals surface area contributed by atoms with Gasteiger partial charge in [0, 0.05) is 5.02 Å². The highest BCUT2D eigenvalue weighted by Crippen LogP contribution is 2.30. The molecule has 0 atom stereocenters. The van der Waals surface area contributed by atoms with Crippen molar-refractivity contribution >= 4 is 56.9 Å². The van der Waals surface area contributed by atoms with Gasteiger partial charge in [0.05, 0.1) is 36.0 Å². The van der Waals surface area contributed by atoms with Crippen LogP contribution in [0, 0.1) is 0 Å². The molecule has 0 bridgehead atoms. The minimum Gasteiger partial charge on any atom is -0.484 e. The zero-order chi connectivity index (χ0) is 26.1. The summed E-state index contributed by atoms with van der Waals surface area (Å²) in [7, 11) is -3.83. The van der Waals surface area contributed by atoms with Gasteiger partial charge in [-0.05, 0) is 60.2 Å². The molecule has 0 spiro atoms. The van der Waals surface area contributed by atoms with Crippen molar-refractivity contribution in [3.63, 3.8) is 0 Å². The van der Waals surface area contributed by atoms with Crippen LogP contribution in [0.4, 0.5) is 5.69 Å². The maximum absolute atomic E-state index is 12.3. The number of hydrogen-bond acceptors (Lipinski definition) is 7. The molecule has 0 aliphatic heterocycles. The number of ether oxygens (including phenoxy) is 1. The largest absolute Gasteiger partial charge is 0.484 e. The predicted octanol–water partition coefficient (Wildman–Crippen LogP) is 3.20. The SMILES string of the molecule is CS(=O)(=O)N(CC(=O)N/N=C\c1ccc(OCC(=O)NCc2ccco2)cc1)c1cc(Cl)ccc1Cl. The van der Waals surface area contributed by atoms with Gasteiger partial charge in [0.2, 0.25) is 10.0 Å². The van der Waals surface area contributed by atoms with Crippen LogP contribution < -0.4 is 19.8 Å². The molecule has 0 aliphatic rings. The summed E-state index contributed by atoms with van der Waals surface area (Å²) < 4.78 is 35.8. The highest BCUT2D eigenvalue weighted by molar-refractivity contribution is 7.92. The lowest BCUT2D eigenvalue weighted by atomic mass is 10.2. The molecule has 10 nitrogen and oxygen atoms in total. The molecule has 190 valence electrons. The third-order valence-electron chi connectivity index (χ3n) is 4.56. The topological polar surface area (TPSA) is 130 Å². The van der Waals surface area contributed by atoms with Gasteiger partial charge in [-0.25, -0.2) is 13.8 Å². The summed E-state index contributed by atoms with van der Waals surface area (Å²) in [6.07, 6.45) is 3.84. The summed E-state index contributed by atoms with van der Waals surface area (Å²) in [6, 6.07) is 14.4. The molecular formula is C23H22Cl2N4O6S. The van der Waals surface area contributed by atoms with Crippen LogP contribution in [0.3, 0.4) is 0 Å². The van der Waals surface area contributed by atoms with Gasteiger partial charge in [0.1, 0.15) is 18.1 Å². The van der Waals surface area contributed by atoms with Crippen molar-refractivity contribution in [2.24, 2.45) is 5.10 Å². The Bertz CT molecular complexity index is 1330. The Morgan fingerprint density at radius 2 is 1.86 bits per heavy atom. The molecule has 1 aromatic heterocycles. The zero-order valence-electron chi connectivity index (χ0n) is 19.0. The van der Waals surface area contributed by atoms with Gasteiger partial charge in [-0.1, -0.05) is 23.2 Å². The predicted molar refractivity (Wildman–Crippen MR) is 137 cm³/mol. The van der Waals surface area contributed by atoms with E-state index in [9.17, 15) is 18.0 Å². The van der Waals surface area contributed by atoms with E-state index in [-0.39, 0.29) is 34.8 Å². The molecule has 36 heavy (non-hydrogen) atoms. The van der Waals surface area contributed by atoms with Gasteiger partial charge in [0.15, 0.2) is 6.61 Å². The summed E-state index contributed by atoms with van der Waals surface area (Å²) >= 11 is 12.0. The first-order chi connectivity index (χ1) is 17.1. The number of halogens is 2. The first kappa shape index (κ1) is 27.1. The van der Waals surface area contributed by atoms with Gasteiger partial charge < -0.3 is 14.5 Å². The van der Waals surface area contributed by atoms with E-state index in [1.54, 1.807) is 36.4 Å². The van der Waals surface area contributed by atoms with E-state index in [4.69, 9.17) is 32.4 Å². The van der Waals surface area contributed by atoms with Crippen LogP contribution in [0.5, 0.6) is 5.75 Å². The molecule has 0 radical (unpaired) electrons. The number of hydrogen-bond donors (Lipinski definition) is 2. The van der Waals surface area contributed by atoms with Crippen LogP contribution in [0.15, 0.2) is 70.4 Å². The normalized spacial score (nSPS) is 11.3. The van der Waals surface area contributed by atoms with Crippen LogP contribution in [0.2, 0.25) is 10.0 Å². The van der Waals surface area contributed by atoms with Gasteiger partial charge >= 0.3 is 0 Å². The molecule has 2 amide bonds. The number of rotatable bonds is 11. The van der Waals surface area contributed by atoms with E-state index < -0.39 is 22.5 Å². The third-order valence-corrected chi connectivity index (χ3v) is 6.24. The van der Waals surface area contributed by atoms with E-state index in [1.807, 2.05) is 0 Å². The van der Waals surface area contributed by atoms with Gasteiger partial charge in [-0.2, -0.15) is 5.10 Å². The fourth-order valence-electron chi connectivity index (χ4n) is 2.85. The number of nitrogens with zero attached hydrogens (tertiary/aromatic N) is 2. The van der Waals surface area contributed by atoms with Gasteiger partial charge in [-0.3, -0.25) is 13.9 Å². The van der Waals surface area contributed by atoms with E-state index >= 15 is 0 Å². The molecule has 2 N–H and O–H groups in total. The smallest absolute Gasteiger partial charge is 0.260 e. The second-order valence-electron chi connectivity index (χ2n) is 7.37. The van der Waals surface area contributed by atoms with E-state index in [2.05, 4.69) is 15.8 Å². The number of anilines is 1. The van der Waals surface area contributed by atoms with Crippen molar-refractivity contribution in [1.82, 2.24) is 10.7 Å². The second kappa shape index (κ2) is 12.4. The Labute approximate surface area is 217 Å². The Hall–Kier alpha value is -3.54. The molecule has 2 aromatic carbocycles. The van der Waals surface area contributed by atoms with Crippen LogP contribution in [0.1, 0.15) is 11.3 Å². The lowest BCUT2D eigenvalue weighted by Crippen LogP contribution is -2.39. The van der Waals surface area contributed by atoms with Crippen LogP contribution in [0.25, 0.3) is 0 Å². The summed E-state index contributed by atoms with van der Waals surface area (Å²) in [5, 5.41) is 6.90. The Balaban J connectivity index is 1.49. The number of sulfonamides is 1. The van der Waals surface area contributed by atoms with E-state index in [0.717, 1.165) is 10.6 Å². The lowest BCUT2D eigenvalue weighted by Gasteiger charge is -2.22. The van der Waals surface area contributed by atoms with Crippen molar-refractivity contribution in [3.05, 3.63) is 82.2 Å². The number of hydrazone groups is 1. The number of carbonyl (C=O) groups is 2. The van der Waals surface area contributed by atoms with Crippen LogP contribution in [-0.2, 0) is 26.2 Å². The van der Waals surface area contributed by atoms with Gasteiger partial charge in [-0.15, -0.1) is 0 Å². The van der Waals surface area contributed by atoms with Crippen molar-refractivity contribution in [2.45, 2.75) is 6.54 Å². The summed E-state index contributed by atoms with van der Waals surface area (Å²) in [5.74, 6) is 0.109. The van der Waals surface area contributed by atoms with Crippen molar-refractivity contribution < 1.29 is 27.2 Å². The zero-order valence-corrected chi connectivity index (χ0v) is 21.3. The molecular weight excluding hydrogens is 531 g/mol. The molecule has 0 saturated heterocycles. The number of nitrogens with one attached hydrogen (secondary N) is 2. The molecule has 0 aliphatic carbocycles. The average molecular weight is 553 g/mol. The number of furan rings is 1. The quantitative estimate of drug-likeness (QED) is 0.277. The average Bonchev–Trinajstić information content (AvgIpc) is 3.35. The summed E-state index contributed by atoms with van der Waals surface area (Å²) in [5.41, 5.74) is 2.98. The minimum absolute atomic E-state index is 0.0797. The first-order valence-corrected chi connectivity index (χ1v) is 13.0. The highest BCUT2D eigenvalue weighted by Gasteiger charge is 2.23. The number of amides is 2. The maximum Gasteiger partial charge on any atom is 0.260 e. The monoisotopic (exact) mass is 552 g/mol. The Morgan fingerprint density at radius 3 is 2.53 bits per heavy atom. The standard InChI is InChI=1S/C23H22Cl2N4O6S/c1-36(32,33)29(21-11-17(24)6-9-20(21)25)14-22(30)28-27-12-16-4-7-18(8-5-16)35-15-23(31)26-13-19-3-2-10-34-19/h2-12H,13-15H2,1H3,(H,26,31)(H,28,30)/b27-12-. The van der Waals surface area contributed by atoms with E-state index in [0.29, 0.717) is 17.1 Å². The fourth-order valence-corrected chi connectivity index (χ4v) is 4.15. The molecule has 0 saturated carbocycles. The lowest BCUT2D eigenvalue weighted by molar-refractivity contribution is -0.123. The second-order valence-corrected chi connectivity index (χ2v) is 10.1. The van der Waals surface area contributed by atoms with Crippen molar-refractivity contribution in [3.8, 4) is 5.75 Å². The molecule has 13 heteroatoms. The van der Waals surface area contributed by atoms with Crippen molar-refractivity contribution in [1.29, 1.82) is 0 Å². The molecule has 3 aromatic rings. The molecule has 0 fully saturated rings. The summed E-state index contributed by atoms with van der Waals surface area (Å²) in [6.45, 7) is -0.451. The summed E-state index contributed by atoms with van der Waals surface area (Å²) in [4.78, 5) is 24.2. The van der Waals surface area contributed by atoms with Crippen LogP contribution in [-0.4, -0.2) is 45.9 Å². The maximum atomic E-state index is 12.3. The van der Waals surface area contributed by atoms with Crippen LogP contribution >= 0.6 is 23.2 Å². The number of benzene rings is 2. The highest BCUT2D eigenvalue weighted by atomic mass is 35.5. The number of carbonyl (C=O) groups excluding carboxylic acids is 2. The molecule has 3 rings (SSSR count). The molecule has 0 unspecified atom stereocenters. The van der Waals surface area contributed by atoms with E-state index in [1.165, 1.54) is 30.7 Å². The van der Waals surface area contributed by atoms with Crippen molar-refractivity contribution in [2.75, 3.05) is 23.7 Å². The first-order valence-electron chi connectivity index (χ1n) is 10.4. The minimum atomic E-state index is -3.83. The molecule has 1 heterocycles.